The Morgan fingerprint density at radius 2 is 2.10 bits per heavy atom. The van der Waals surface area contributed by atoms with Gasteiger partial charge in [-0.05, 0) is 22.0 Å². The van der Waals surface area contributed by atoms with E-state index in [9.17, 15) is 28.1 Å². The summed E-state index contributed by atoms with van der Waals surface area (Å²) in [6.07, 6.45) is -5.34. The lowest BCUT2D eigenvalue weighted by atomic mass is 10.1. The highest BCUT2D eigenvalue weighted by atomic mass is 79.9. The number of carbonyl (C=O) groups is 1. The molecule has 1 N–H and O–H groups in total. The molecule has 106 valence electrons. The fourth-order valence-corrected chi connectivity index (χ4v) is 1.83. The number of rotatable bonds is 3. The number of carbonyl (C=O) groups excluding carboxylic acids is 1. The van der Waals surface area contributed by atoms with Gasteiger partial charge in [-0.3, -0.25) is 14.9 Å². The Hall–Kier alpha value is -2.15. The van der Waals surface area contributed by atoms with Gasteiger partial charge in [-0.15, -0.1) is 0 Å². The van der Waals surface area contributed by atoms with Crippen molar-refractivity contribution in [3.63, 3.8) is 0 Å². The molecular formula is C10H5BrF3N3O3. The first-order valence-electron chi connectivity index (χ1n) is 4.88. The molecule has 0 aliphatic rings. The number of anilines is 1. The Morgan fingerprint density at radius 3 is 2.55 bits per heavy atom. The number of nitro benzene ring substituents is 1. The van der Waals surface area contributed by atoms with Crippen molar-refractivity contribution in [2.75, 3.05) is 5.32 Å². The Kier molecular flexibility index (Phi) is 4.67. The summed E-state index contributed by atoms with van der Waals surface area (Å²) in [6.45, 7) is 0. The molecular weight excluding hydrogens is 347 g/mol. The molecule has 0 aliphatic heterocycles. The molecule has 0 aromatic heterocycles. The van der Waals surface area contributed by atoms with Crippen LogP contribution in [0.2, 0.25) is 0 Å². The molecule has 0 spiro atoms. The summed E-state index contributed by atoms with van der Waals surface area (Å²) in [7, 11) is 0. The summed E-state index contributed by atoms with van der Waals surface area (Å²) < 4.78 is 37.4. The SMILES string of the molecule is N#CCC(=O)Nc1c(Br)cc(C(F)(F)F)cc1[N+](=O)[O-]. The molecule has 0 saturated carbocycles. The Bertz CT molecular complexity index is 610. The summed E-state index contributed by atoms with van der Waals surface area (Å²) in [6, 6.07) is 2.43. The van der Waals surface area contributed by atoms with Gasteiger partial charge in [0.15, 0.2) is 0 Å². The molecule has 0 aliphatic carbocycles. The van der Waals surface area contributed by atoms with Crippen molar-refractivity contribution < 1.29 is 22.9 Å². The van der Waals surface area contributed by atoms with Crippen LogP contribution < -0.4 is 5.32 Å². The summed E-state index contributed by atoms with van der Waals surface area (Å²) >= 11 is 2.74. The largest absolute Gasteiger partial charge is 0.416 e. The van der Waals surface area contributed by atoms with Gasteiger partial charge in [-0.2, -0.15) is 18.4 Å². The number of amides is 1. The summed E-state index contributed by atoms with van der Waals surface area (Å²) in [4.78, 5) is 21.0. The zero-order valence-corrected chi connectivity index (χ0v) is 11.1. The third-order valence-electron chi connectivity index (χ3n) is 2.10. The van der Waals surface area contributed by atoms with Crippen molar-refractivity contribution >= 4 is 33.2 Å². The van der Waals surface area contributed by atoms with Crippen LogP contribution >= 0.6 is 15.9 Å². The van der Waals surface area contributed by atoms with E-state index in [4.69, 9.17) is 5.26 Å². The second-order valence-corrected chi connectivity index (χ2v) is 4.34. The fourth-order valence-electron chi connectivity index (χ4n) is 1.28. The molecule has 1 aromatic carbocycles. The second-order valence-electron chi connectivity index (χ2n) is 3.49. The molecule has 0 bridgehead atoms. The topological polar surface area (TPSA) is 96.0 Å². The molecule has 20 heavy (non-hydrogen) atoms. The number of alkyl halides is 3. The fraction of sp³-hybridized carbons (Fsp3) is 0.200. The van der Waals surface area contributed by atoms with E-state index in [1.807, 2.05) is 5.32 Å². The van der Waals surface area contributed by atoms with E-state index >= 15 is 0 Å². The minimum Gasteiger partial charge on any atom is -0.319 e. The highest BCUT2D eigenvalue weighted by molar-refractivity contribution is 9.10. The Labute approximate surface area is 118 Å². The van der Waals surface area contributed by atoms with Gasteiger partial charge < -0.3 is 5.32 Å². The lowest BCUT2D eigenvalue weighted by Crippen LogP contribution is -2.14. The average Bonchev–Trinajstić information content (AvgIpc) is 2.30. The van der Waals surface area contributed by atoms with Crippen LogP contribution in [0.1, 0.15) is 12.0 Å². The van der Waals surface area contributed by atoms with Gasteiger partial charge in [-0.25, -0.2) is 0 Å². The van der Waals surface area contributed by atoms with Crippen LogP contribution in [0.4, 0.5) is 24.5 Å². The van der Waals surface area contributed by atoms with Crippen LogP contribution in [0.5, 0.6) is 0 Å². The van der Waals surface area contributed by atoms with Crippen LogP contribution in [0.15, 0.2) is 16.6 Å². The molecule has 0 atom stereocenters. The van der Waals surface area contributed by atoms with Crippen molar-refractivity contribution in [2.24, 2.45) is 0 Å². The number of hydrogen-bond donors (Lipinski definition) is 1. The maximum Gasteiger partial charge on any atom is 0.416 e. The van der Waals surface area contributed by atoms with E-state index < -0.39 is 40.4 Å². The summed E-state index contributed by atoms with van der Waals surface area (Å²) in [5.74, 6) is -0.865. The molecule has 0 unspecified atom stereocenters. The molecule has 0 radical (unpaired) electrons. The normalized spacial score (nSPS) is 10.8. The Morgan fingerprint density at radius 1 is 1.50 bits per heavy atom. The molecule has 1 aromatic rings. The number of nitriles is 1. The number of halogens is 4. The first kappa shape index (κ1) is 15.9. The first-order valence-corrected chi connectivity index (χ1v) is 5.68. The van der Waals surface area contributed by atoms with Gasteiger partial charge in [0.25, 0.3) is 5.69 Å². The highest BCUT2D eigenvalue weighted by Crippen LogP contribution is 2.39. The number of nitrogens with zero attached hydrogens (tertiary/aromatic N) is 2. The number of benzene rings is 1. The second kappa shape index (κ2) is 5.87. The van der Waals surface area contributed by atoms with Gasteiger partial charge in [0.2, 0.25) is 5.91 Å². The third kappa shape index (κ3) is 3.67. The van der Waals surface area contributed by atoms with E-state index in [0.717, 1.165) is 0 Å². The third-order valence-corrected chi connectivity index (χ3v) is 2.72. The van der Waals surface area contributed by atoms with Crippen molar-refractivity contribution in [3.8, 4) is 6.07 Å². The van der Waals surface area contributed by atoms with Crippen LogP contribution in [-0.2, 0) is 11.0 Å². The van der Waals surface area contributed by atoms with E-state index in [1.54, 1.807) is 0 Å². The maximum absolute atomic E-state index is 12.6. The molecule has 10 heteroatoms. The zero-order chi connectivity index (χ0) is 15.5. The van der Waals surface area contributed by atoms with Gasteiger partial charge in [0.1, 0.15) is 12.1 Å². The molecule has 0 heterocycles. The highest BCUT2D eigenvalue weighted by Gasteiger charge is 2.34. The van der Waals surface area contributed by atoms with Crippen LogP contribution in [-0.4, -0.2) is 10.8 Å². The van der Waals surface area contributed by atoms with Crippen molar-refractivity contribution in [3.05, 3.63) is 32.3 Å². The molecule has 0 fully saturated rings. The predicted octanol–water partition coefficient (Wildman–Crippen LogP) is 3.23. The lowest BCUT2D eigenvalue weighted by molar-refractivity contribution is -0.384. The number of nitro groups is 1. The van der Waals surface area contributed by atoms with Gasteiger partial charge in [-0.1, -0.05) is 0 Å². The Balaban J connectivity index is 3.35. The lowest BCUT2D eigenvalue weighted by Gasteiger charge is -2.11. The minimum atomic E-state index is -4.76. The van der Waals surface area contributed by atoms with Crippen molar-refractivity contribution in [2.45, 2.75) is 12.6 Å². The first-order chi connectivity index (χ1) is 9.16. The van der Waals surface area contributed by atoms with Crippen molar-refractivity contribution in [1.82, 2.24) is 0 Å². The minimum absolute atomic E-state index is 0.301. The predicted molar refractivity (Wildman–Crippen MR) is 64.7 cm³/mol. The van der Waals surface area contributed by atoms with Crippen molar-refractivity contribution in [1.29, 1.82) is 5.26 Å². The van der Waals surface area contributed by atoms with Crippen LogP contribution in [0.25, 0.3) is 0 Å². The monoisotopic (exact) mass is 351 g/mol. The van der Waals surface area contributed by atoms with Crippen LogP contribution in [0, 0.1) is 21.4 Å². The summed E-state index contributed by atoms with van der Waals surface area (Å²) in [5.41, 5.74) is -2.57. The van der Waals surface area contributed by atoms with E-state index in [-0.39, 0.29) is 4.47 Å². The molecule has 6 nitrogen and oxygen atoms in total. The quantitative estimate of drug-likeness (QED) is 0.667. The standard InChI is InChI=1S/C10H5BrF3N3O3/c11-6-3-5(10(12,13)14)4-7(17(19)20)9(6)16-8(18)1-2-15/h3-4H,1H2,(H,16,18). The van der Waals surface area contributed by atoms with E-state index in [1.165, 1.54) is 6.07 Å². The van der Waals surface area contributed by atoms with E-state index in [0.29, 0.717) is 12.1 Å². The van der Waals surface area contributed by atoms with Crippen LogP contribution in [0.3, 0.4) is 0 Å². The number of nitrogens with one attached hydrogen (secondary N) is 1. The molecule has 1 rings (SSSR count). The maximum atomic E-state index is 12.6. The molecule has 0 saturated heterocycles. The smallest absolute Gasteiger partial charge is 0.319 e. The van der Waals surface area contributed by atoms with Gasteiger partial charge >= 0.3 is 6.18 Å². The van der Waals surface area contributed by atoms with Gasteiger partial charge in [0.05, 0.1) is 16.6 Å². The summed E-state index contributed by atoms with van der Waals surface area (Å²) in [5, 5.41) is 21.1. The van der Waals surface area contributed by atoms with Gasteiger partial charge in [0, 0.05) is 10.5 Å². The molecule has 1 amide bonds. The number of hydrogen-bond acceptors (Lipinski definition) is 4. The zero-order valence-electron chi connectivity index (χ0n) is 9.49. The average molecular weight is 352 g/mol. The van der Waals surface area contributed by atoms with E-state index in [2.05, 4.69) is 15.9 Å².